The molecule has 1 fully saturated rings. The quantitative estimate of drug-likeness (QED) is 0.745. The smallest absolute Gasteiger partial charge is 0.253 e. The minimum absolute atomic E-state index is 0.0169. The number of hydrogen-bond donors (Lipinski definition) is 2. The van der Waals surface area contributed by atoms with E-state index < -0.39 is 0 Å². The van der Waals surface area contributed by atoms with Crippen molar-refractivity contribution in [3.8, 4) is 0 Å². The van der Waals surface area contributed by atoms with Crippen molar-refractivity contribution in [3.05, 3.63) is 29.8 Å². The fourth-order valence-electron chi connectivity index (χ4n) is 3.18. The Morgan fingerprint density at radius 1 is 1.23 bits per heavy atom. The number of benzene rings is 1. The van der Waals surface area contributed by atoms with Gasteiger partial charge in [-0.05, 0) is 37.3 Å². The summed E-state index contributed by atoms with van der Waals surface area (Å²) in [6, 6.07) is 7.92. The second-order valence-electron chi connectivity index (χ2n) is 7.22. The highest BCUT2D eigenvalue weighted by molar-refractivity contribution is 5.99. The van der Waals surface area contributed by atoms with Gasteiger partial charge in [-0.15, -0.1) is 0 Å². The molecule has 1 aliphatic heterocycles. The molecule has 144 valence electrons. The molecule has 1 aliphatic rings. The van der Waals surface area contributed by atoms with E-state index in [-0.39, 0.29) is 24.5 Å². The number of para-hydroxylation sites is 1. The molecule has 0 bridgehead atoms. The third-order valence-corrected chi connectivity index (χ3v) is 4.63. The zero-order chi connectivity index (χ0) is 18.9. The van der Waals surface area contributed by atoms with Crippen molar-refractivity contribution in [2.75, 3.05) is 38.3 Å². The number of carbonyl (C=O) groups is 2. The maximum atomic E-state index is 12.6. The summed E-state index contributed by atoms with van der Waals surface area (Å²) in [6.07, 6.45) is 2.69. The van der Waals surface area contributed by atoms with Gasteiger partial charge in [0.15, 0.2) is 0 Å². The maximum Gasteiger partial charge on any atom is 0.253 e. The maximum absolute atomic E-state index is 12.6. The Balaban J connectivity index is 1.93. The van der Waals surface area contributed by atoms with Crippen LogP contribution in [0.15, 0.2) is 24.3 Å². The summed E-state index contributed by atoms with van der Waals surface area (Å²) < 4.78 is 4.86. The average Bonchev–Trinajstić information content (AvgIpc) is 2.62. The van der Waals surface area contributed by atoms with Crippen LogP contribution in [-0.4, -0.2) is 51.2 Å². The van der Waals surface area contributed by atoms with Crippen LogP contribution < -0.4 is 15.5 Å². The number of nitrogens with zero attached hydrogens (tertiary/aromatic N) is 1. The minimum atomic E-state index is -0.0733. The fourth-order valence-corrected chi connectivity index (χ4v) is 3.18. The average molecular weight is 361 g/mol. The zero-order valence-electron chi connectivity index (χ0n) is 16.1. The highest BCUT2D eigenvalue weighted by Gasteiger charge is 2.23. The minimum Gasteiger partial charge on any atom is -0.375 e. The van der Waals surface area contributed by atoms with E-state index in [0.717, 1.165) is 43.6 Å². The van der Waals surface area contributed by atoms with Crippen molar-refractivity contribution in [2.45, 2.75) is 39.2 Å². The van der Waals surface area contributed by atoms with E-state index >= 15 is 0 Å². The number of anilines is 1. The highest BCUT2D eigenvalue weighted by Crippen LogP contribution is 2.24. The Kier molecular flexibility index (Phi) is 7.91. The summed E-state index contributed by atoms with van der Waals surface area (Å²) in [5, 5.41) is 6.02. The summed E-state index contributed by atoms with van der Waals surface area (Å²) in [7, 11) is 1.52. The summed E-state index contributed by atoms with van der Waals surface area (Å²) in [6.45, 7) is 6.71. The lowest BCUT2D eigenvalue weighted by atomic mass is 10.0. The molecule has 6 heteroatoms. The topological polar surface area (TPSA) is 70.7 Å². The van der Waals surface area contributed by atoms with E-state index in [9.17, 15) is 9.59 Å². The molecule has 1 aromatic rings. The monoisotopic (exact) mass is 361 g/mol. The van der Waals surface area contributed by atoms with E-state index in [2.05, 4.69) is 29.4 Å². The number of methoxy groups -OCH3 is 1. The largest absolute Gasteiger partial charge is 0.375 e. The van der Waals surface area contributed by atoms with Gasteiger partial charge in [0.25, 0.3) is 5.91 Å². The molecule has 1 saturated heterocycles. The third-order valence-electron chi connectivity index (χ3n) is 4.63. The predicted octanol–water partition coefficient (Wildman–Crippen LogP) is 2.19. The molecule has 0 aromatic heterocycles. The van der Waals surface area contributed by atoms with E-state index in [1.807, 2.05) is 24.3 Å². The highest BCUT2D eigenvalue weighted by atomic mass is 16.5. The van der Waals surface area contributed by atoms with E-state index in [1.165, 1.54) is 7.11 Å². The molecule has 0 radical (unpaired) electrons. The molecule has 6 nitrogen and oxygen atoms in total. The van der Waals surface area contributed by atoms with Crippen LogP contribution in [0.4, 0.5) is 5.69 Å². The molecule has 0 atom stereocenters. The summed E-state index contributed by atoms with van der Waals surface area (Å²) >= 11 is 0. The molecule has 2 amide bonds. The first-order valence-electron chi connectivity index (χ1n) is 9.41. The van der Waals surface area contributed by atoms with Crippen LogP contribution >= 0.6 is 0 Å². The molecule has 1 aromatic carbocycles. The van der Waals surface area contributed by atoms with Crippen molar-refractivity contribution in [3.63, 3.8) is 0 Å². The number of amides is 2. The zero-order valence-corrected chi connectivity index (χ0v) is 16.1. The molecule has 0 aliphatic carbocycles. The first-order chi connectivity index (χ1) is 12.5. The van der Waals surface area contributed by atoms with Gasteiger partial charge in [0, 0.05) is 38.5 Å². The molecule has 2 rings (SSSR count). The van der Waals surface area contributed by atoms with Crippen LogP contribution in [-0.2, 0) is 9.53 Å². The fraction of sp³-hybridized carbons (Fsp3) is 0.600. The summed E-state index contributed by atoms with van der Waals surface area (Å²) in [4.78, 5) is 26.4. The van der Waals surface area contributed by atoms with Crippen LogP contribution in [0.3, 0.4) is 0 Å². The van der Waals surface area contributed by atoms with Crippen molar-refractivity contribution < 1.29 is 14.3 Å². The van der Waals surface area contributed by atoms with Gasteiger partial charge in [-0.25, -0.2) is 0 Å². The van der Waals surface area contributed by atoms with Crippen molar-refractivity contribution >= 4 is 17.5 Å². The first-order valence-corrected chi connectivity index (χ1v) is 9.41. The number of rotatable bonds is 8. The Labute approximate surface area is 156 Å². The van der Waals surface area contributed by atoms with Crippen LogP contribution in [0.5, 0.6) is 0 Å². The molecular formula is C20H31N3O3. The van der Waals surface area contributed by atoms with Crippen molar-refractivity contribution in [1.29, 1.82) is 0 Å². The molecule has 0 spiro atoms. The van der Waals surface area contributed by atoms with Gasteiger partial charge in [0.1, 0.15) is 6.61 Å². The Bertz CT molecular complexity index is 596. The lowest BCUT2D eigenvalue weighted by Gasteiger charge is -2.34. The second kappa shape index (κ2) is 10.2. The van der Waals surface area contributed by atoms with Crippen LogP contribution in [0.1, 0.15) is 43.5 Å². The van der Waals surface area contributed by atoms with Crippen molar-refractivity contribution in [1.82, 2.24) is 10.6 Å². The van der Waals surface area contributed by atoms with Gasteiger partial charge >= 0.3 is 0 Å². The number of piperidine rings is 1. The van der Waals surface area contributed by atoms with Gasteiger partial charge in [0.05, 0.1) is 5.56 Å². The number of nitrogens with one attached hydrogen (secondary N) is 2. The van der Waals surface area contributed by atoms with Crippen LogP contribution in [0.25, 0.3) is 0 Å². The number of ether oxygens (including phenoxy) is 1. The summed E-state index contributed by atoms with van der Waals surface area (Å²) in [5.41, 5.74) is 1.69. The lowest BCUT2D eigenvalue weighted by molar-refractivity contribution is -0.125. The molecule has 26 heavy (non-hydrogen) atoms. The Morgan fingerprint density at radius 2 is 1.92 bits per heavy atom. The molecular weight excluding hydrogens is 330 g/mol. The normalized spacial score (nSPS) is 15.2. The number of hydrogen-bond acceptors (Lipinski definition) is 4. The Morgan fingerprint density at radius 3 is 2.58 bits per heavy atom. The summed E-state index contributed by atoms with van der Waals surface area (Å²) in [5.74, 6) is 0.477. The van der Waals surface area contributed by atoms with E-state index in [0.29, 0.717) is 12.5 Å². The van der Waals surface area contributed by atoms with Crippen LogP contribution in [0.2, 0.25) is 0 Å². The second-order valence-corrected chi connectivity index (χ2v) is 7.22. The van der Waals surface area contributed by atoms with Gasteiger partial charge in [-0.1, -0.05) is 26.0 Å². The lowest BCUT2D eigenvalue weighted by Crippen LogP contribution is -2.46. The number of carbonyl (C=O) groups excluding carboxylic acids is 2. The van der Waals surface area contributed by atoms with Crippen molar-refractivity contribution in [2.24, 2.45) is 5.92 Å². The van der Waals surface area contributed by atoms with Gasteiger partial charge in [-0.2, -0.15) is 0 Å². The standard InChI is InChI=1S/C20H31N3O3/c1-15(2)8-11-21-20(25)17-6-4-5-7-18(17)23-12-9-16(10-13-23)22-19(24)14-26-3/h4-7,15-16H,8-14H2,1-3H3,(H,21,25)(H,22,24). The molecule has 2 N–H and O–H groups in total. The van der Waals surface area contributed by atoms with E-state index in [4.69, 9.17) is 4.74 Å². The third kappa shape index (κ3) is 6.02. The first kappa shape index (κ1) is 20.2. The van der Waals surface area contributed by atoms with Gasteiger partial charge in [-0.3, -0.25) is 9.59 Å². The van der Waals surface area contributed by atoms with Gasteiger partial charge in [0.2, 0.25) is 5.91 Å². The predicted molar refractivity (Wildman–Crippen MR) is 103 cm³/mol. The van der Waals surface area contributed by atoms with E-state index in [1.54, 1.807) is 0 Å². The van der Waals surface area contributed by atoms with Gasteiger partial charge < -0.3 is 20.3 Å². The molecule has 0 saturated carbocycles. The molecule has 0 unspecified atom stereocenters. The SMILES string of the molecule is COCC(=O)NC1CCN(c2ccccc2C(=O)NCCC(C)C)CC1. The molecule has 1 heterocycles. The van der Waals surface area contributed by atoms with Crippen LogP contribution in [0, 0.1) is 5.92 Å². The Hall–Kier alpha value is -2.08.